The van der Waals surface area contributed by atoms with Crippen LogP contribution in [0.4, 0.5) is 10.1 Å². The highest BCUT2D eigenvalue weighted by atomic mass is 35.5. The summed E-state index contributed by atoms with van der Waals surface area (Å²) in [5.41, 5.74) is -0.715. The topological polar surface area (TPSA) is 73.6 Å². The van der Waals surface area contributed by atoms with Crippen molar-refractivity contribution in [3.05, 3.63) is 33.1 Å². The van der Waals surface area contributed by atoms with Gasteiger partial charge in [0.05, 0.1) is 15.5 Å². The van der Waals surface area contributed by atoms with E-state index in [1.54, 1.807) is 0 Å². The summed E-state index contributed by atoms with van der Waals surface area (Å²) in [6, 6.07) is 1.86. The number of benzene rings is 1. The summed E-state index contributed by atoms with van der Waals surface area (Å²) >= 11 is 5.55. The number of nitro benzene ring substituents is 1. The monoisotopic (exact) mass is 318 g/mol. The van der Waals surface area contributed by atoms with Gasteiger partial charge in [-0.1, -0.05) is 11.6 Å². The van der Waals surface area contributed by atoms with E-state index in [-0.39, 0.29) is 34.8 Å². The third-order valence-corrected chi connectivity index (χ3v) is 3.32. The molecule has 116 valence electrons. The number of ether oxygens (including phenoxy) is 2. The maximum atomic E-state index is 13.4. The molecule has 1 atom stereocenters. The van der Waals surface area contributed by atoms with Crippen LogP contribution >= 0.6 is 11.6 Å². The van der Waals surface area contributed by atoms with Crippen molar-refractivity contribution >= 4 is 17.3 Å². The van der Waals surface area contributed by atoms with Crippen LogP contribution in [0.1, 0.15) is 13.8 Å². The molecular formula is C13H16ClFN2O4. The van der Waals surface area contributed by atoms with Crippen molar-refractivity contribution in [2.45, 2.75) is 25.6 Å². The van der Waals surface area contributed by atoms with Crippen LogP contribution in [-0.2, 0) is 4.74 Å². The van der Waals surface area contributed by atoms with Gasteiger partial charge in [0.15, 0.2) is 5.75 Å². The van der Waals surface area contributed by atoms with Crippen LogP contribution in [0.25, 0.3) is 0 Å². The van der Waals surface area contributed by atoms with Crippen LogP contribution in [0.3, 0.4) is 0 Å². The summed E-state index contributed by atoms with van der Waals surface area (Å²) in [5, 5.41) is 13.8. The molecule has 6 nitrogen and oxygen atoms in total. The molecule has 0 amide bonds. The van der Waals surface area contributed by atoms with E-state index >= 15 is 0 Å². The molecule has 0 aliphatic carbocycles. The summed E-state index contributed by atoms with van der Waals surface area (Å²) in [5.74, 6) is -0.922. The van der Waals surface area contributed by atoms with E-state index in [4.69, 9.17) is 21.1 Å². The van der Waals surface area contributed by atoms with Gasteiger partial charge in [0.1, 0.15) is 18.5 Å². The Labute approximate surface area is 126 Å². The Morgan fingerprint density at radius 2 is 2.33 bits per heavy atom. The van der Waals surface area contributed by atoms with Gasteiger partial charge in [0.25, 0.3) is 0 Å². The summed E-state index contributed by atoms with van der Waals surface area (Å²) in [4.78, 5) is 10.3. The lowest BCUT2D eigenvalue weighted by Gasteiger charge is -2.36. The Balaban J connectivity index is 2.09. The molecule has 1 unspecified atom stereocenters. The predicted molar refractivity (Wildman–Crippen MR) is 75.4 cm³/mol. The van der Waals surface area contributed by atoms with E-state index in [1.165, 1.54) is 0 Å². The Hall–Kier alpha value is -1.44. The first kappa shape index (κ1) is 15.9. The Morgan fingerprint density at radius 3 is 2.95 bits per heavy atom. The normalized spacial score (nSPS) is 21.0. The van der Waals surface area contributed by atoms with E-state index in [0.29, 0.717) is 13.1 Å². The highest BCUT2D eigenvalue weighted by Gasteiger charge is 2.29. The molecule has 1 aromatic rings. The van der Waals surface area contributed by atoms with Crippen LogP contribution in [-0.4, -0.2) is 36.3 Å². The van der Waals surface area contributed by atoms with Gasteiger partial charge in [-0.3, -0.25) is 10.1 Å². The van der Waals surface area contributed by atoms with E-state index in [0.717, 1.165) is 12.1 Å². The first-order valence-corrected chi connectivity index (χ1v) is 6.81. The Morgan fingerprint density at radius 1 is 1.62 bits per heavy atom. The highest BCUT2D eigenvalue weighted by Crippen LogP contribution is 2.32. The molecule has 8 heteroatoms. The van der Waals surface area contributed by atoms with Crippen molar-refractivity contribution in [2.75, 3.05) is 19.7 Å². The number of nitro groups is 1. The Bertz CT molecular complexity index is 553. The maximum absolute atomic E-state index is 13.4. The SMILES string of the molecule is CC1(C)CNCC(COc2cc(F)c(Cl)cc2[N+](=O)[O-])O1. The number of rotatable bonds is 4. The lowest BCUT2D eigenvalue weighted by molar-refractivity contribution is -0.386. The summed E-state index contributed by atoms with van der Waals surface area (Å²) in [6.07, 6.45) is -0.271. The smallest absolute Gasteiger partial charge is 0.312 e. The van der Waals surface area contributed by atoms with Gasteiger partial charge in [0.2, 0.25) is 0 Å². The molecule has 0 spiro atoms. The average Bonchev–Trinajstić information content (AvgIpc) is 2.38. The van der Waals surface area contributed by atoms with Crippen molar-refractivity contribution in [2.24, 2.45) is 0 Å². The van der Waals surface area contributed by atoms with E-state index < -0.39 is 10.7 Å². The predicted octanol–water partition coefficient (Wildman–Crippen LogP) is 2.53. The lowest BCUT2D eigenvalue weighted by Crippen LogP contribution is -2.52. The molecule has 1 N–H and O–H groups in total. The standard InChI is InChI=1S/C13H16ClFN2O4/c1-13(2)7-16-5-8(21-13)6-20-12-4-10(15)9(14)3-11(12)17(18)19/h3-4,8,16H,5-7H2,1-2H3. The van der Waals surface area contributed by atoms with Crippen molar-refractivity contribution in [3.63, 3.8) is 0 Å². The molecule has 1 aliphatic rings. The molecule has 2 rings (SSSR count). The molecule has 0 radical (unpaired) electrons. The third-order valence-electron chi connectivity index (χ3n) is 3.03. The van der Waals surface area contributed by atoms with Crippen molar-refractivity contribution in [3.8, 4) is 5.75 Å². The zero-order chi connectivity index (χ0) is 15.6. The second-order valence-electron chi connectivity index (χ2n) is 5.43. The molecule has 1 fully saturated rings. The van der Waals surface area contributed by atoms with Gasteiger partial charge >= 0.3 is 5.69 Å². The van der Waals surface area contributed by atoms with Gasteiger partial charge < -0.3 is 14.8 Å². The summed E-state index contributed by atoms with van der Waals surface area (Å²) < 4.78 is 24.6. The van der Waals surface area contributed by atoms with E-state index in [2.05, 4.69) is 5.32 Å². The summed E-state index contributed by atoms with van der Waals surface area (Å²) in [7, 11) is 0. The van der Waals surface area contributed by atoms with E-state index in [1.807, 2.05) is 13.8 Å². The van der Waals surface area contributed by atoms with Crippen LogP contribution in [0.2, 0.25) is 5.02 Å². The molecule has 0 saturated carbocycles. The molecule has 21 heavy (non-hydrogen) atoms. The van der Waals surface area contributed by atoms with Gasteiger partial charge in [-0.05, 0) is 13.8 Å². The van der Waals surface area contributed by atoms with Crippen molar-refractivity contribution in [1.29, 1.82) is 0 Å². The van der Waals surface area contributed by atoms with Crippen molar-refractivity contribution in [1.82, 2.24) is 5.32 Å². The van der Waals surface area contributed by atoms with Crippen LogP contribution in [0, 0.1) is 15.9 Å². The second kappa shape index (κ2) is 6.13. The number of hydrogen-bond donors (Lipinski definition) is 1. The number of morpholine rings is 1. The van der Waals surface area contributed by atoms with Gasteiger partial charge in [-0.25, -0.2) is 4.39 Å². The first-order valence-electron chi connectivity index (χ1n) is 6.43. The molecule has 0 bridgehead atoms. The van der Waals surface area contributed by atoms with Gasteiger partial charge in [-0.2, -0.15) is 0 Å². The second-order valence-corrected chi connectivity index (χ2v) is 5.84. The minimum Gasteiger partial charge on any atom is -0.484 e. The first-order chi connectivity index (χ1) is 9.78. The lowest BCUT2D eigenvalue weighted by atomic mass is 10.1. The van der Waals surface area contributed by atoms with Crippen LogP contribution in [0.15, 0.2) is 12.1 Å². The number of hydrogen-bond acceptors (Lipinski definition) is 5. The Kier molecular flexibility index (Phi) is 4.65. The number of halogens is 2. The van der Waals surface area contributed by atoms with Crippen LogP contribution in [0.5, 0.6) is 5.75 Å². The van der Waals surface area contributed by atoms with E-state index in [9.17, 15) is 14.5 Å². The minimum absolute atomic E-state index is 0.0817. The zero-order valence-electron chi connectivity index (χ0n) is 11.7. The fraction of sp³-hybridized carbons (Fsp3) is 0.538. The average molecular weight is 319 g/mol. The van der Waals surface area contributed by atoms with Crippen LogP contribution < -0.4 is 10.1 Å². The van der Waals surface area contributed by atoms with Crippen molar-refractivity contribution < 1.29 is 18.8 Å². The fourth-order valence-electron chi connectivity index (χ4n) is 2.12. The fourth-order valence-corrected chi connectivity index (χ4v) is 2.28. The molecular weight excluding hydrogens is 303 g/mol. The quantitative estimate of drug-likeness (QED) is 0.682. The molecule has 1 aromatic carbocycles. The maximum Gasteiger partial charge on any atom is 0.312 e. The number of nitrogens with zero attached hydrogens (tertiary/aromatic N) is 1. The highest BCUT2D eigenvalue weighted by molar-refractivity contribution is 6.31. The molecule has 1 saturated heterocycles. The van der Waals surface area contributed by atoms with Gasteiger partial charge in [0, 0.05) is 25.2 Å². The molecule has 1 heterocycles. The summed E-state index contributed by atoms with van der Waals surface area (Å²) in [6.45, 7) is 5.21. The van der Waals surface area contributed by atoms with Gasteiger partial charge in [-0.15, -0.1) is 0 Å². The molecule has 1 aliphatic heterocycles. The third kappa shape index (κ3) is 4.03. The minimum atomic E-state index is -0.764. The zero-order valence-corrected chi connectivity index (χ0v) is 12.4. The molecule has 0 aromatic heterocycles. The largest absolute Gasteiger partial charge is 0.484 e. The number of nitrogens with one attached hydrogen (secondary N) is 1.